The zero-order chi connectivity index (χ0) is 7.84. The van der Waals surface area contributed by atoms with Gasteiger partial charge in [-0.3, -0.25) is 4.90 Å². The van der Waals surface area contributed by atoms with E-state index in [1.54, 1.807) is 0 Å². The summed E-state index contributed by atoms with van der Waals surface area (Å²) in [5.74, 6) is 1.92. The van der Waals surface area contributed by atoms with Crippen LogP contribution >= 0.6 is 0 Å². The van der Waals surface area contributed by atoms with E-state index in [4.69, 9.17) is 0 Å². The number of piperidine rings is 1. The molecule has 2 bridgehead atoms. The number of hydrogen-bond acceptors (Lipinski definition) is 1. The molecule has 2 atom stereocenters. The molecular formula is C10H19N. The van der Waals surface area contributed by atoms with Gasteiger partial charge < -0.3 is 0 Å². The summed E-state index contributed by atoms with van der Waals surface area (Å²) in [6.45, 7) is 7.39. The van der Waals surface area contributed by atoms with Crippen molar-refractivity contribution in [3.05, 3.63) is 0 Å². The van der Waals surface area contributed by atoms with E-state index in [0.717, 1.165) is 17.9 Å². The highest BCUT2D eigenvalue weighted by molar-refractivity contribution is 4.92. The number of nitrogens with zero attached hydrogens (tertiary/aromatic N) is 1. The van der Waals surface area contributed by atoms with Gasteiger partial charge in [0.25, 0.3) is 0 Å². The maximum atomic E-state index is 2.71. The Morgan fingerprint density at radius 3 is 2.64 bits per heavy atom. The predicted octanol–water partition coefficient (Wildman–Crippen LogP) is 2.13. The minimum absolute atomic E-state index is 0.856. The number of hydrogen-bond donors (Lipinski definition) is 0. The molecule has 0 N–H and O–H groups in total. The molecule has 1 saturated carbocycles. The van der Waals surface area contributed by atoms with Gasteiger partial charge in [0.15, 0.2) is 0 Å². The van der Waals surface area contributed by atoms with Crippen molar-refractivity contribution in [3.63, 3.8) is 0 Å². The predicted molar refractivity (Wildman–Crippen MR) is 47.5 cm³/mol. The zero-order valence-corrected chi connectivity index (χ0v) is 7.71. The highest BCUT2D eigenvalue weighted by Crippen LogP contribution is 2.37. The third-order valence-electron chi connectivity index (χ3n) is 3.12. The second-order valence-corrected chi connectivity index (χ2v) is 4.68. The molecule has 0 aromatic heterocycles. The summed E-state index contributed by atoms with van der Waals surface area (Å²) in [5, 5.41) is 0. The third-order valence-corrected chi connectivity index (χ3v) is 3.12. The van der Waals surface area contributed by atoms with Gasteiger partial charge in [-0.05, 0) is 31.1 Å². The molecule has 2 aliphatic rings. The van der Waals surface area contributed by atoms with Crippen LogP contribution in [-0.4, -0.2) is 24.0 Å². The fourth-order valence-electron chi connectivity index (χ4n) is 2.72. The van der Waals surface area contributed by atoms with Crippen LogP contribution in [0.25, 0.3) is 0 Å². The topological polar surface area (TPSA) is 3.24 Å². The Kier molecular flexibility index (Phi) is 1.92. The second kappa shape index (κ2) is 2.78. The van der Waals surface area contributed by atoms with Gasteiger partial charge in [0.2, 0.25) is 0 Å². The molecule has 1 heteroatoms. The SMILES string of the molecule is CC(C)CN1CC2CC[C@@H]1C2. The second-order valence-electron chi connectivity index (χ2n) is 4.68. The van der Waals surface area contributed by atoms with Crippen LogP contribution in [0.3, 0.4) is 0 Å². The summed E-state index contributed by atoms with van der Waals surface area (Å²) in [7, 11) is 0. The maximum absolute atomic E-state index is 2.71. The van der Waals surface area contributed by atoms with Gasteiger partial charge in [0.1, 0.15) is 0 Å². The lowest BCUT2D eigenvalue weighted by Gasteiger charge is -2.28. The minimum atomic E-state index is 0.856. The first-order valence-electron chi connectivity index (χ1n) is 4.99. The fraction of sp³-hybridized carbons (Fsp3) is 1.00. The van der Waals surface area contributed by atoms with Gasteiger partial charge in [-0.15, -0.1) is 0 Å². The van der Waals surface area contributed by atoms with E-state index in [9.17, 15) is 0 Å². The van der Waals surface area contributed by atoms with Crippen LogP contribution in [0, 0.1) is 11.8 Å². The lowest BCUT2D eigenvalue weighted by atomic mass is 10.1. The molecule has 1 heterocycles. The van der Waals surface area contributed by atoms with E-state index in [1.165, 1.54) is 32.4 Å². The third kappa shape index (κ3) is 1.44. The van der Waals surface area contributed by atoms with Crippen molar-refractivity contribution in [2.75, 3.05) is 13.1 Å². The molecule has 0 radical (unpaired) electrons. The normalized spacial score (nSPS) is 37.4. The van der Waals surface area contributed by atoms with E-state index >= 15 is 0 Å². The number of likely N-dealkylation sites (tertiary alicyclic amines) is 1. The average Bonchev–Trinajstić information content (AvgIpc) is 2.45. The van der Waals surface area contributed by atoms with Crippen molar-refractivity contribution in [1.29, 1.82) is 0 Å². The van der Waals surface area contributed by atoms with Gasteiger partial charge in [-0.25, -0.2) is 0 Å². The Labute approximate surface area is 69.8 Å². The average molecular weight is 153 g/mol. The molecule has 1 aliphatic carbocycles. The zero-order valence-electron chi connectivity index (χ0n) is 7.71. The van der Waals surface area contributed by atoms with Crippen LogP contribution in [0.4, 0.5) is 0 Å². The Bertz CT molecular complexity index is 142. The van der Waals surface area contributed by atoms with Crippen LogP contribution in [0.2, 0.25) is 0 Å². The summed E-state index contributed by atoms with van der Waals surface area (Å²) in [6.07, 6.45) is 4.50. The molecule has 0 aromatic carbocycles. The molecule has 0 aromatic rings. The Morgan fingerprint density at radius 1 is 1.36 bits per heavy atom. The highest BCUT2D eigenvalue weighted by atomic mass is 15.2. The first-order chi connectivity index (χ1) is 5.25. The van der Waals surface area contributed by atoms with Crippen molar-refractivity contribution in [3.8, 4) is 0 Å². The van der Waals surface area contributed by atoms with E-state index in [-0.39, 0.29) is 0 Å². The Hall–Kier alpha value is -0.0400. The molecule has 1 saturated heterocycles. The van der Waals surface area contributed by atoms with E-state index in [2.05, 4.69) is 18.7 Å². The van der Waals surface area contributed by atoms with E-state index in [1.807, 2.05) is 0 Å². The van der Waals surface area contributed by atoms with Crippen LogP contribution in [0.1, 0.15) is 33.1 Å². The Balaban J connectivity index is 1.87. The van der Waals surface area contributed by atoms with Gasteiger partial charge in [-0.2, -0.15) is 0 Å². The van der Waals surface area contributed by atoms with Crippen molar-refractivity contribution in [2.45, 2.75) is 39.2 Å². The standard InChI is InChI=1S/C10H19N/c1-8(2)6-11-7-9-3-4-10(11)5-9/h8-10H,3-7H2,1-2H3/t9?,10-/m1/s1. The van der Waals surface area contributed by atoms with Crippen LogP contribution in [0.15, 0.2) is 0 Å². The molecule has 2 rings (SSSR count). The van der Waals surface area contributed by atoms with Crippen molar-refractivity contribution < 1.29 is 0 Å². The highest BCUT2D eigenvalue weighted by Gasteiger charge is 2.37. The van der Waals surface area contributed by atoms with Crippen molar-refractivity contribution >= 4 is 0 Å². The molecule has 0 amide bonds. The van der Waals surface area contributed by atoms with Crippen LogP contribution in [-0.2, 0) is 0 Å². The first-order valence-corrected chi connectivity index (χ1v) is 4.99. The largest absolute Gasteiger partial charge is 0.300 e. The van der Waals surface area contributed by atoms with Crippen molar-refractivity contribution in [2.24, 2.45) is 11.8 Å². The first kappa shape index (κ1) is 7.60. The molecule has 64 valence electrons. The minimum Gasteiger partial charge on any atom is -0.300 e. The van der Waals surface area contributed by atoms with Gasteiger partial charge in [0.05, 0.1) is 0 Å². The summed E-state index contributed by atoms with van der Waals surface area (Å²) >= 11 is 0. The molecule has 1 nitrogen and oxygen atoms in total. The van der Waals surface area contributed by atoms with Gasteiger partial charge in [0, 0.05) is 19.1 Å². The molecule has 1 unspecified atom stereocenters. The monoisotopic (exact) mass is 153 g/mol. The van der Waals surface area contributed by atoms with E-state index < -0.39 is 0 Å². The fourth-order valence-corrected chi connectivity index (χ4v) is 2.72. The van der Waals surface area contributed by atoms with Gasteiger partial charge in [-0.1, -0.05) is 13.8 Å². The molecule has 11 heavy (non-hydrogen) atoms. The maximum Gasteiger partial charge on any atom is 0.00987 e. The van der Waals surface area contributed by atoms with Crippen LogP contribution < -0.4 is 0 Å². The number of rotatable bonds is 2. The smallest absolute Gasteiger partial charge is 0.00987 e. The lowest BCUT2D eigenvalue weighted by molar-refractivity contribution is 0.192. The summed E-state index contributed by atoms with van der Waals surface area (Å²) < 4.78 is 0. The van der Waals surface area contributed by atoms with Crippen LogP contribution in [0.5, 0.6) is 0 Å². The molecule has 1 aliphatic heterocycles. The Morgan fingerprint density at radius 2 is 2.18 bits per heavy atom. The number of fused-ring (bicyclic) bond motifs is 2. The van der Waals surface area contributed by atoms with E-state index in [0.29, 0.717) is 0 Å². The molecule has 0 spiro atoms. The van der Waals surface area contributed by atoms with Crippen molar-refractivity contribution in [1.82, 2.24) is 4.90 Å². The quantitative estimate of drug-likeness (QED) is 0.587. The summed E-state index contributed by atoms with van der Waals surface area (Å²) in [5.41, 5.74) is 0. The summed E-state index contributed by atoms with van der Waals surface area (Å²) in [4.78, 5) is 2.71. The lowest BCUT2D eigenvalue weighted by Crippen LogP contribution is -2.34. The molecule has 2 fully saturated rings. The molecular weight excluding hydrogens is 134 g/mol. The summed E-state index contributed by atoms with van der Waals surface area (Å²) in [6, 6.07) is 0.974. The van der Waals surface area contributed by atoms with Gasteiger partial charge >= 0.3 is 0 Å².